The molecule has 0 amide bonds. The summed E-state index contributed by atoms with van der Waals surface area (Å²) in [5.41, 5.74) is -0.588. The molecule has 1 rings (SSSR count). The quantitative estimate of drug-likeness (QED) is 0.719. The van der Waals surface area contributed by atoms with Crippen molar-refractivity contribution in [2.24, 2.45) is 0 Å². The maximum absolute atomic E-state index is 9.80. The highest BCUT2D eigenvalue weighted by Gasteiger charge is 2.17. The third kappa shape index (κ3) is 6.99. The molecule has 1 heterocycles. The van der Waals surface area contributed by atoms with Crippen LogP contribution in [-0.4, -0.2) is 73.0 Å². The summed E-state index contributed by atoms with van der Waals surface area (Å²) in [5, 5.41) is 9.80. The van der Waals surface area contributed by atoms with Crippen LogP contribution < -0.4 is 0 Å². The van der Waals surface area contributed by atoms with Gasteiger partial charge in [0.15, 0.2) is 0 Å². The van der Waals surface area contributed by atoms with E-state index < -0.39 is 5.60 Å². The smallest absolute Gasteiger partial charge is 0.0718 e. The second-order valence-corrected chi connectivity index (χ2v) is 5.49. The molecule has 0 atom stereocenters. The largest absolute Gasteiger partial charge is 0.389 e. The van der Waals surface area contributed by atoms with Crippen LogP contribution in [0.1, 0.15) is 27.2 Å². The first-order chi connectivity index (χ1) is 8.01. The molecule has 102 valence electrons. The zero-order valence-electron chi connectivity index (χ0n) is 11.6. The molecule has 0 bridgehead atoms. The fraction of sp³-hybridized carbons (Fsp3) is 1.00. The lowest BCUT2D eigenvalue weighted by Crippen LogP contribution is -2.41. The first-order valence-electron chi connectivity index (χ1n) is 6.76. The highest BCUT2D eigenvalue weighted by atomic mass is 16.5. The van der Waals surface area contributed by atoms with Crippen molar-refractivity contribution < 1.29 is 9.84 Å². The average molecular weight is 244 g/mol. The van der Waals surface area contributed by atoms with Gasteiger partial charge in [0, 0.05) is 19.6 Å². The molecule has 0 aromatic rings. The number of morpholine rings is 1. The van der Waals surface area contributed by atoms with Crippen LogP contribution in [0.25, 0.3) is 0 Å². The van der Waals surface area contributed by atoms with Gasteiger partial charge in [-0.25, -0.2) is 0 Å². The summed E-state index contributed by atoms with van der Waals surface area (Å²) in [5.74, 6) is 0. The number of nitrogens with zero attached hydrogens (tertiary/aromatic N) is 2. The van der Waals surface area contributed by atoms with E-state index in [-0.39, 0.29) is 0 Å². The van der Waals surface area contributed by atoms with Gasteiger partial charge in [-0.1, -0.05) is 6.92 Å². The Morgan fingerprint density at radius 2 is 1.94 bits per heavy atom. The van der Waals surface area contributed by atoms with Crippen molar-refractivity contribution in [1.29, 1.82) is 0 Å². The van der Waals surface area contributed by atoms with Crippen molar-refractivity contribution in [2.75, 3.05) is 52.5 Å². The minimum Gasteiger partial charge on any atom is -0.389 e. The van der Waals surface area contributed by atoms with Crippen molar-refractivity contribution in [2.45, 2.75) is 32.8 Å². The minimum absolute atomic E-state index is 0.588. The fourth-order valence-corrected chi connectivity index (χ4v) is 2.24. The zero-order chi connectivity index (χ0) is 12.7. The van der Waals surface area contributed by atoms with Crippen LogP contribution in [-0.2, 0) is 4.74 Å². The topological polar surface area (TPSA) is 35.9 Å². The molecule has 0 unspecified atom stereocenters. The van der Waals surface area contributed by atoms with Crippen LogP contribution in [0.3, 0.4) is 0 Å². The predicted octanol–water partition coefficient (Wildman–Crippen LogP) is 0.802. The summed E-state index contributed by atoms with van der Waals surface area (Å²) in [4.78, 5) is 4.78. The fourth-order valence-electron chi connectivity index (χ4n) is 2.24. The number of aliphatic hydroxyl groups is 1. The number of likely N-dealkylation sites (N-methyl/N-ethyl adjacent to an activating group) is 1. The van der Waals surface area contributed by atoms with Gasteiger partial charge in [0.1, 0.15) is 0 Å². The first kappa shape index (κ1) is 14.9. The van der Waals surface area contributed by atoms with Gasteiger partial charge in [-0.05, 0) is 39.9 Å². The van der Waals surface area contributed by atoms with Gasteiger partial charge < -0.3 is 14.7 Å². The molecule has 4 heteroatoms. The van der Waals surface area contributed by atoms with Crippen LogP contribution in [0.4, 0.5) is 0 Å². The van der Waals surface area contributed by atoms with E-state index in [1.165, 1.54) is 6.42 Å². The molecule has 0 saturated carbocycles. The van der Waals surface area contributed by atoms with Crippen molar-refractivity contribution >= 4 is 0 Å². The molecule has 4 nitrogen and oxygen atoms in total. The van der Waals surface area contributed by atoms with Gasteiger partial charge in [0.05, 0.1) is 18.8 Å². The lowest BCUT2D eigenvalue weighted by Gasteiger charge is -2.30. The van der Waals surface area contributed by atoms with E-state index in [4.69, 9.17) is 4.74 Å². The monoisotopic (exact) mass is 244 g/mol. The van der Waals surface area contributed by atoms with Gasteiger partial charge >= 0.3 is 0 Å². The molecule has 1 aliphatic rings. The number of hydrogen-bond donors (Lipinski definition) is 1. The molecule has 0 aromatic carbocycles. The molecule has 1 saturated heterocycles. The van der Waals surface area contributed by atoms with Gasteiger partial charge in [0.25, 0.3) is 0 Å². The average Bonchev–Trinajstić information content (AvgIpc) is 2.27. The Hall–Kier alpha value is -0.160. The minimum atomic E-state index is -0.588. The van der Waals surface area contributed by atoms with Crippen LogP contribution in [0.5, 0.6) is 0 Å². The van der Waals surface area contributed by atoms with Gasteiger partial charge in [0.2, 0.25) is 0 Å². The highest BCUT2D eigenvalue weighted by Crippen LogP contribution is 2.06. The van der Waals surface area contributed by atoms with Crippen molar-refractivity contribution in [1.82, 2.24) is 9.80 Å². The van der Waals surface area contributed by atoms with E-state index in [1.54, 1.807) is 0 Å². The van der Waals surface area contributed by atoms with E-state index in [2.05, 4.69) is 16.7 Å². The van der Waals surface area contributed by atoms with E-state index >= 15 is 0 Å². The highest BCUT2D eigenvalue weighted by molar-refractivity contribution is 4.72. The molecular formula is C13H28N2O2. The Balaban J connectivity index is 2.14. The molecule has 1 N–H and O–H groups in total. The molecule has 0 aromatic heterocycles. The first-order valence-corrected chi connectivity index (χ1v) is 6.76. The van der Waals surface area contributed by atoms with Crippen LogP contribution in [0.2, 0.25) is 0 Å². The van der Waals surface area contributed by atoms with Crippen molar-refractivity contribution in [3.63, 3.8) is 0 Å². The molecule has 1 fully saturated rings. The summed E-state index contributed by atoms with van der Waals surface area (Å²) in [7, 11) is 0. The van der Waals surface area contributed by atoms with E-state index in [0.29, 0.717) is 0 Å². The Bertz CT molecular complexity index is 198. The molecular weight excluding hydrogens is 216 g/mol. The van der Waals surface area contributed by atoms with Crippen molar-refractivity contribution in [3.05, 3.63) is 0 Å². The summed E-state index contributed by atoms with van der Waals surface area (Å²) < 4.78 is 5.33. The second kappa shape index (κ2) is 7.31. The standard InChI is InChI=1S/C13H28N2O2/c1-4-14(12-13(2,3)16)6-5-7-15-8-10-17-11-9-15/h16H,4-12H2,1-3H3. The maximum Gasteiger partial charge on any atom is 0.0718 e. The lowest BCUT2D eigenvalue weighted by molar-refractivity contribution is 0.0271. The van der Waals surface area contributed by atoms with Crippen molar-refractivity contribution in [3.8, 4) is 0 Å². The van der Waals surface area contributed by atoms with E-state index in [1.807, 2.05) is 13.8 Å². The Labute approximate surface area is 106 Å². The third-order valence-corrected chi connectivity index (χ3v) is 3.11. The van der Waals surface area contributed by atoms with E-state index in [0.717, 1.165) is 52.5 Å². The summed E-state index contributed by atoms with van der Waals surface area (Å²) in [6, 6.07) is 0. The summed E-state index contributed by atoms with van der Waals surface area (Å²) in [6.07, 6.45) is 1.17. The van der Waals surface area contributed by atoms with Crippen LogP contribution in [0.15, 0.2) is 0 Å². The Kier molecular flexibility index (Phi) is 6.41. The van der Waals surface area contributed by atoms with Crippen LogP contribution >= 0.6 is 0 Å². The van der Waals surface area contributed by atoms with E-state index in [9.17, 15) is 5.11 Å². The summed E-state index contributed by atoms with van der Waals surface area (Å²) >= 11 is 0. The zero-order valence-corrected chi connectivity index (χ0v) is 11.6. The number of rotatable bonds is 7. The molecule has 1 aliphatic heterocycles. The number of hydrogen-bond acceptors (Lipinski definition) is 4. The Morgan fingerprint density at radius 3 is 2.47 bits per heavy atom. The molecule has 0 aliphatic carbocycles. The second-order valence-electron chi connectivity index (χ2n) is 5.49. The van der Waals surface area contributed by atoms with Gasteiger partial charge in [-0.3, -0.25) is 4.90 Å². The SMILES string of the molecule is CCN(CCCN1CCOCC1)CC(C)(C)O. The lowest BCUT2D eigenvalue weighted by atomic mass is 10.1. The summed E-state index contributed by atoms with van der Waals surface area (Å²) in [6.45, 7) is 13.8. The van der Waals surface area contributed by atoms with Gasteiger partial charge in [-0.15, -0.1) is 0 Å². The van der Waals surface area contributed by atoms with Crippen LogP contribution in [0, 0.1) is 0 Å². The third-order valence-electron chi connectivity index (χ3n) is 3.11. The molecule has 0 radical (unpaired) electrons. The number of ether oxygens (including phenoxy) is 1. The maximum atomic E-state index is 9.80. The normalized spacial score (nSPS) is 18.9. The molecule has 0 spiro atoms. The Morgan fingerprint density at radius 1 is 1.29 bits per heavy atom. The van der Waals surface area contributed by atoms with Gasteiger partial charge in [-0.2, -0.15) is 0 Å². The predicted molar refractivity (Wildman–Crippen MR) is 70.3 cm³/mol. The molecule has 17 heavy (non-hydrogen) atoms.